The Morgan fingerprint density at radius 3 is 2.39 bits per heavy atom. The highest BCUT2D eigenvalue weighted by Crippen LogP contribution is 2.21. The van der Waals surface area contributed by atoms with Crippen molar-refractivity contribution in [2.24, 2.45) is 0 Å². The summed E-state index contributed by atoms with van der Waals surface area (Å²) in [6.45, 7) is 8.87. The quantitative estimate of drug-likeness (QED) is 0.587. The van der Waals surface area contributed by atoms with Gasteiger partial charge in [-0.15, -0.1) is 0 Å². The Morgan fingerprint density at radius 1 is 1.17 bits per heavy atom. The van der Waals surface area contributed by atoms with Crippen LogP contribution in [0.4, 0.5) is 0 Å². The van der Waals surface area contributed by atoms with Crippen LogP contribution in [0.25, 0.3) is 0 Å². The molecule has 0 saturated heterocycles. The van der Waals surface area contributed by atoms with E-state index in [1.807, 2.05) is 6.92 Å². The molecule has 0 radical (unpaired) electrons. The fraction of sp³-hybridized carbons (Fsp3) is 0.588. The maximum Gasteiger partial charge on any atom is 0.340 e. The molecule has 0 aromatic carbocycles. The minimum absolute atomic E-state index is 0.262. The van der Waals surface area contributed by atoms with E-state index in [9.17, 15) is 14.4 Å². The number of H-pyrrole nitrogens is 1. The highest BCUT2D eigenvalue weighted by atomic mass is 16.5. The number of aromatic amines is 1. The fourth-order valence-corrected chi connectivity index (χ4v) is 2.34. The lowest BCUT2D eigenvalue weighted by molar-refractivity contribution is -0.146. The summed E-state index contributed by atoms with van der Waals surface area (Å²) in [6.07, 6.45) is 1.01. The molecular weight excluding hydrogens is 298 g/mol. The highest BCUT2D eigenvalue weighted by molar-refractivity contribution is 6.03. The molecule has 6 heteroatoms. The van der Waals surface area contributed by atoms with Gasteiger partial charge < -0.3 is 14.5 Å². The molecule has 6 nitrogen and oxygen atoms in total. The van der Waals surface area contributed by atoms with E-state index in [2.05, 4.69) is 4.98 Å². The van der Waals surface area contributed by atoms with Crippen molar-refractivity contribution in [3.63, 3.8) is 0 Å². The van der Waals surface area contributed by atoms with Gasteiger partial charge in [0.25, 0.3) is 0 Å². The van der Waals surface area contributed by atoms with E-state index in [0.29, 0.717) is 23.2 Å². The van der Waals surface area contributed by atoms with Gasteiger partial charge in [0.2, 0.25) is 5.78 Å². The highest BCUT2D eigenvalue weighted by Gasteiger charge is 2.27. The number of carbonyl (C=O) groups excluding carboxylic acids is 3. The van der Waals surface area contributed by atoms with Gasteiger partial charge in [-0.2, -0.15) is 0 Å². The summed E-state index contributed by atoms with van der Waals surface area (Å²) in [4.78, 5) is 39.0. The lowest BCUT2D eigenvalue weighted by Gasteiger charge is -2.12. The van der Waals surface area contributed by atoms with Gasteiger partial charge in [-0.25, -0.2) is 4.79 Å². The molecule has 1 rings (SSSR count). The summed E-state index contributed by atoms with van der Waals surface area (Å²) in [5.74, 6) is -1.21. The standard InChI is InChI=1S/C17H25NO5/c1-6-8-9-13(19)23-12(5)16(20)15-10(3)14(11(4)18-15)17(21)22-7-2/h12,18H,6-9H2,1-5H3/t12-/m1/s1. The van der Waals surface area contributed by atoms with Crippen molar-refractivity contribution in [2.45, 2.75) is 60.0 Å². The van der Waals surface area contributed by atoms with E-state index >= 15 is 0 Å². The largest absolute Gasteiger partial charge is 0.462 e. The number of rotatable bonds is 8. The summed E-state index contributed by atoms with van der Waals surface area (Å²) >= 11 is 0. The maximum absolute atomic E-state index is 12.5. The first-order chi connectivity index (χ1) is 10.8. The van der Waals surface area contributed by atoms with Crippen LogP contribution in [-0.2, 0) is 14.3 Å². The predicted molar refractivity (Wildman–Crippen MR) is 85.6 cm³/mol. The molecule has 0 unspecified atom stereocenters. The second-order valence-electron chi connectivity index (χ2n) is 5.45. The molecule has 128 valence electrons. The number of hydrogen-bond acceptors (Lipinski definition) is 5. The lowest BCUT2D eigenvalue weighted by atomic mass is 10.1. The number of aromatic nitrogens is 1. The lowest BCUT2D eigenvalue weighted by Crippen LogP contribution is -2.25. The van der Waals surface area contributed by atoms with Crippen LogP contribution in [0.2, 0.25) is 0 Å². The minimum atomic E-state index is -0.897. The van der Waals surface area contributed by atoms with Crippen molar-refractivity contribution < 1.29 is 23.9 Å². The van der Waals surface area contributed by atoms with Crippen LogP contribution < -0.4 is 0 Å². The average Bonchev–Trinajstić information content (AvgIpc) is 2.79. The SMILES string of the molecule is CCCCC(=O)O[C@H](C)C(=O)c1[nH]c(C)c(C(=O)OCC)c1C. The van der Waals surface area contributed by atoms with Crippen LogP contribution in [-0.4, -0.2) is 35.4 Å². The van der Waals surface area contributed by atoms with Gasteiger partial charge >= 0.3 is 11.9 Å². The average molecular weight is 323 g/mol. The first kappa shape index (κ1) is 18.9. The Bertz CT molecular complexity index is 588. The zero-order valence-electron chi connectivity index (χ0n) is 14.4. The molecule has 23 heavy (non-hydrogen) atoms. The van der Waals surface area contributed by atoms with Crippen molar-refractivity contribution in [3.05, 3.63) is 22.5 Å². The van der Waals surface area contributed by atoms with E-state index in [0.717, 1.165) is 12.8 Å². The van der Waals surface area contributed by atoms with E-state index in [1.54, 1.807) is 20.8 Å². The second kappa shape index (κ2) is 8.50. The van der Waals surface area contributed by atoms with Gasteiger partial charge in [-0.05, 0) is 39.7 Å². The van der Waals surface area contributed by atoms with Crippen LogP contribution in [0, 0.1) is 13.8 Å². The number of ketones is 1. The van der Waals surface area contributed by atoms with E-state index in [-0.39, 0.29) is 24.1 Å². The minimum Gasteiger partial charge on any atom is -0.462 e. The first-order valence-corrected chi connectivity index (χ1v) is 7.93. The van der Waals surface area contributed by atoms with Crippen LogP contribution in [0.1, 0.15) is 72.1 Å². The summed E-state index contributed by atoms with van der Waals surface area (Å²) in [5, 5.41) is 0. The molecule has 0 aliphatic carbocycles. The molecule has 1 heterocycles. The Kier molecular flexibility index (Phi) is 7.00. The Morgan fingerprint density at radius 2 is 1.83 bits per heavy atom. The number of hydrogen-bond donors (Lipinski definition) is 1. The number of ether oxygens (including phenoxy) is 2. The van der Waals surface area contributed by atoms with Crippen molar-refractivity contribution in [2.75, 3.05) is 6.61 Å². The van der Waals surface area contributed by atoms with Gasteiger partial charge in [-0.3, -0.25) is 9.59 Å². The summed E-state index contributed by atoms with van der Waals surface area (Å²) < 4.78 is 10.2. The zero-order valence-corrected chi connectivity index (χ0v) is 14.4. The zero-order chi connectivity index (χ0) is 17.6. The van der Waals surface area contributed by atoms with Gasteiger partial charge in [-0.1, -0.05) is 13.3 Å². The number of Topliss-reactive ketones (excluding diaryl/α,β-unsaturated/α-hetero) is 1. The molecular formula is C17H25NO5. The number of carbonyl (C=O) groups is 3. The molecule has 0 amide bonds. The molecule has 0 aliphatic heterocycles. The van der Waals surface area contributed by atoms with Gasteiger partial charge in [0, 0.05) is 12.1 Å². The normalized spacial score (nSPS) is 11.9. The smallest absolute Gasteiger partial charge is 0.340 e. The molecule has 0 aliphatic rings. The third-order valence-corrected chi connectivity index (χ3v) is 3.58. The number of aryl methyl sites for hydroxylation is 1. The van der Waals surface area contributed by atoms with Gasteiger partial charge in [0.1, 0.15) is 0 Å². The topological polar surface area (TPSA) is 85.5 Å². The van der Waals surface area contributed by atoms with Crippen molar-refractivity contribution in [3.8, 4) is 0 Å². The number of nitrogens with one attached hydrogen (secondary N) is 1. The van der Waals surface area contributed by atoms with Gasteiger partial charge in [0.05, 0.1) is 17.9 Å². The van der Waals surface area contributed by atoms with Crippen LogP contribution in [0.3, 0.4) is 0 Å². The monoisotopic (exact) mass is 323 g/mol. The first-order valence-electron chi connectivity index (χ1n) is 7.93. The molecule has 0 spiro atoms. The van der Waals surface area contributed by atoms with Crippen LogP contribution >= 0.6 is 0 Å². The Balaban J connectivity index is 2.90. The second-order valence-corrected chi connectivity index (χ2v) is 5.45. The molecule has 1 aromatic rings. The summed E-state index contributed by atoms with van der Waals surface area (Å²) in [7, 11) is 0. The summed E-state index contributed by atoms with van der Waals surface area (Å²) in [5.41, 5.74) is 1.72. The van der Waals surface area contributed by atoms with Gasteiger partial charge in [0.15, 0.2) is 6.10 Å². The van der Waals surface area contributed by atoms with Crippen molar-refractivity contribution >= 4 is 17.7 Å². The molecule has 0 bridgehead atoms. The fourth-order valence-electron chi connectivity index (χ4n) is 2.34. The predicted octanol–water partition coefficient (Wildman–Crippen LogP) is 3.11. The third kappa shape index (κ3) is 4.68. The summed E-state index contributed by atoms with van der Waals surface area (Å²) in [6, 6.07) is 0. The number of unbranched alkanes of at least 4 members (excludes halogenated alkanes) is 1. The number of esters is 2. The Labute approximate surface area is 136 Å². The maximum atomic E-state index is 12.5. The van der Waals surface area contributed by atoms with Crippen molar-refractivity contribution in [1.82, 2.24) is 4.98 Å². The van der Waals surface area contributed by atoms with E-state index in [4.69, 9.17) is 9.47 Å². The molecule has 1 aromatic heterocycles. The van der Waals surface area contributed by atoms with E-state index in [1.165, 1.54) is 6.92 Å². The molecule has 0 saturated carbocycles. The Hall–Kier alpha value is -2.11. The van der Waals surface area contributed by atoms with E-state index < -0.39 is 12.1 Å². The van der Waals surface area contributed by atoms with Crippen LogP contribution in [0.15, 0.2) is 0 Å². The van der Waals surface area contributed by atoms with Crippen LogP contribution in [0.5, 0.6) is 0 Å². The molecule has 0 fully saturated rings. The third-order valence-electron chi connectivity index (χ3n) is 3.58. The molecule has 1 N–H and O–H groups in total. The molecule has 1 atom stereocenters. The van der Waals surface area contributed by atoms with Crippen molar-refractivity contribution in [1.29, 1.82) is 0 Å².